The van der Waals surface area contributed by atoms with Crippen LogP contribution < -0.4 is 5.73 Å². The van der Waals surface area contributed by atoms with Crippen LogP contribution in [0.25, 0.3) is 0 Å². The van der Waals surface area contributed by atoms with Gasteiger partial charge in [-0.15, -0.1) is 11.3 Å². The second kappa shape index (κ2) is 6.46. The van der Waals surface area contributed by atoms with Crippen molar-refractivity contribution in [3.8, 4) is 0 Å². The third kappa shape index (κ3) is 2.64. The van der Waals surface area contributed by atoms with Crippen molar-refractivity contribution in [1.82, 2.24) is 9.88 Å². The van der Waals surface area contributed by atoms with Crippen LogP contribution in [0.5, 0.6) is 0 Å². The maximum atomic E-state index is 13.0. The lowest BCUT2D eigenvalue weighted by atomic mass is 9.65. The van der Waals surface area contributed by atoms with Crippen LogP contribution in [0.15, 0.2) is 17.0 Å². The van der Waals surface area contributed by atoms with Gasteiger partial charge in [0.1, 0.15) is 5.69 Å². The number of carbonyl (C=O) groups excluding carboxylic acids is 1. The number of nitrogens with zero attached hydrogens (tertiary/aromatic N) is 2. The molecule has 24 heavy (non-hydrogen) atoms. The summed E-state index contributed by atoms with van der Waals surface area (Å²) in [6, 6.07) is 0.180. The number of aromatic nitrogens is 1. The quantitative estimate of drug-likeness (QED) is 0.827. The van der Waals surface area contributed by atoms with Gasteiger partial charge in [-0.1, -0.05) is 11.6 Å². The second-order valence-electron chi connectivity index (χ2n) is 6.74. The Balaban J connectivity index is 1.66. The monoisotopic (exact) mass is 349 g/mol. The van der Waals surface area contributed by atoms with Crippen LogP contribution in [0.3, 0.4) is 0 Å². The van der Waals surface area contributed by atoms with Crippen molar-refractivity contribution in [3.63, 3.8) is 0 Å². The molecule has 130 valence electrons. The number of hydrogen-bond acceptors (Lipinski definition) is 6. The molecule has 2 N–H and O–H groups in total. The summed E-state index contributed by atoms with van der Waals surface area (Å²) < 4.78 is 11.4. The highest BCUT2D eigenvalue weighted by molar-refractivity contribution is 7.13. The fourth-order valence-corrected chi connectivity index (χ4v) is 4.99. The van der Waals surface area contributed by atoms with Gasteiger partial charge in [0.05, 0.1) is 19.8 Å². The molecule has 0 unspecified atom stereocenters. The zero-order chi connectivity index (χ0) is 16.6. The van der Waals surface area contributed by atoms with E-state index in [-0.39, 0.29) is 17.4 Å². The van der Waals surface area contributed by atoms with Gasteiger partial charge in [0.25, 0.3) is 5.91 Å². The minimum Gasteiger partial charge on any atom is -0.380 e. The standard InChI is InChI=1S/C17H23N3O3S/c18-16-19-13(10-24-16)15(21)20-6-1-5-17(11-23-9-4-14(17)20)12-2-7-22-8-3-12/h2,10,14H,1,3-9,11H2,(H2,18,19)/t14-,17-/m0/s1. The van der Waals surface area contributed by atoms with Crippen LogP contribution in [0.1, 0.15) is 36.2 Å². The Labute approximate surface area is 145 Å². The van der Waals surface area contributed by atoms with Crippen molar-refractivity contribution >= 4 is 22.4 Å². The first kappa shape index (κ1) is 16.1. The molecule has 1 aromatic heterocycles. The topological polar surface area (TPSA) is 77.7 Å². The van der Waals surface area contributed by atoms with Gasteiger partial charge in [0, 0.05) is 30.0 Å². The fourth-order valence-electron chi connectivity index (χ4n) is 4.46. The molecule has 0 spiro atoms. The molecule has 4 rings (SSSR count). The SMILES string of the molecule is Nc1nc(C(=O)N2CCC[C@@]3(C4=CCOCC4)COCC[C@H]23)cs1. The Bertz CT molecular complexity index is 655. The third-order valence-electron chi connectivity index (χ3n) is 5.54. The number of ether oxygens (including phenoxy) is 2. The molecule has 4 heterocycles. The van der Waals surface area contributed by atoms with E-state index in [0.29, 0.717) is 30.6 Å². The minimum atomic E-state index is -0.0580. The number of nitrogen functional groups attached to an aromatic ring is 1. The Morgan fingerprint density at radius 2 is 2.33 bits per heavy atom. The van der Waals surface area contributed by atoms with Gasteiger partial charge in [-0.3, -0.25) is 4.79 Å². The van der Waals surface area contributed by atoms with E-state index < -0.39 is 0 Å². The van der Waals surface area contributed by atoms with Crippen molar-refractivity contribution in [3.05, 3.63) is 22.7 Å². The molecule has 6 nitrogen and oxygen atoms in total. The van der Waals surface area contributed by atoms with Crippen molar-refractivity contribution in [1.29, 1.82) is 0 Å². The van der Waals surface area contributed by atoms with Crippen molar-refractivity contribution < 1.29 is 14.3 Å². The van der Waals surface area contributed by atoms with Crippen LogP contribution in [-0.4, -0.2) is 54.8 Å². The lowest BCUT2D eigenvalue weighted by molar-refractivity contribution is -0.0740. The van der Waals surface area contributed by atoms with Crippen molar-refractivity contribution in [2.24, 2.45) is 5.41 Å². The van der Waals surface area contributed by atoms with Gasteiger partial charge in [0.15, 0.2) is 5.13 Å². The number of hydrogen-bond donors (Lipinski definition) is 1. The van der Waals surface area contributed by atoms with Crippen molar-refractivity contribution in [2.75, 3.05) is 38.7 Å². The van der Waals surface area contributed by atoms with Crippen LogP contribution >= 0.6 is 11.3 Å². The van der Waals surface area contributed by atoms with E-state index in [1.165, 1.54) is 16.9 Å². The highest BCUT2D eigenvalue weighted by Gasteiger charge is 2.50. The lowest BCUT2D eigenvalue weighted by Crippen LogP contribution is -2.59. The highest BCUT2D eigenvalue weighted by atomic mass is 32.1. The van der Waals surface area contributed by atoms with E-state index >= 15 is 0 Å². The first-order chi connectivity index (χ1) is 11.7. The van der Waals surface area contributed by atoms with E-state index in [4.69, 9.17) is 15.2 Å². The number of piperidine rings is 1. The predicted octanol–water partition coefficient (Wildman–Crippen LogP) is 2.08. The Kier molecular flexibility index (Phi) is 4.32. The molecule has 7 heteroatoms. The van der Waals surface area contributed by atoms with Crippen LogP contribution in [0, 0.1) is 5.41 Å². The summed E-state index contributed by atoms with van der Waals surface area (Å²) in [6.07, 6.45) is 6.09. The predicted molar refractivity (Wildman–Crippen MR) is 92.0 cm³/mol. The number of thiazole rings is 1. The number of rotatable bonds is 2. The molecule has 3 aliphatic heterocycles. The van der Waals surface area contributed by atoms with Crippen LogP contribution in [0.2, 0.25) is 0 Å². The minimum absolute atomic E-state index is 0.00610. The van der Waals surface area contributed by atoms with Gasteiger partial charge >= 0.3 is 0 Å². The fraction of sp³-hybridized carbons (Fsp3) is 0.647. The molecule has 2 saturated heterocycles. The smallest absolute Gasteiger partial charge is 0.273 e. The number of nitrogens with two attached hydrogens (primary N) is 1. The molecule has 0 radical (unpaired) electrons. The van der Waals surface area contributed by atoms with E-state index in [1.54, 1.807) is 5.38 Å². The molecule has 0 saturated carbocycles. The zero-order valence-corrected chi connectivity index (χ0v) is 14.5. The highest BCUT2D eigenvalue weighted by Crippen LogP contribution is 2.48. The summed E-state index contributed by atoms with van der Waals surface area (Å²) in [4.78, 5) is 19.2. The Hall–Kier alpha value is -1.44. The van der Waals surface area contributed by atoms with E-state index in [1.807, 2.05) is 4.90 Å². The summed E-state index contributed by atoms with van der Waals surface area (Å²) in [5.74, 6) is 0.00610. The van der Waals surface area contributed by atoms with Gasteiger partial charge in [-0.05, 0) is 25.7 Å². The maximum Gasteiger partial charge on any atom is 0.273 e. The lowest BCUT2D eigenvalue weighted by Gasteiger charge is -2.54. The first-order valence-corrected chi connectivity index (χ1v) is 9.46. The molecule has 1 aromatic rings. The summed E-state index contributed by atoms with van der Waals surface area (Å²) in [7, 11) is 0. The van der Waals surface area contributed by atoms with Crippen LogP contribution in [-0.2, 0) is 9.47 Å². The molecule has 2 fully saturated rings. The molecule has 2 atom stereocenters. The molecule has 0 aliphatic carbocycles. The van der Waals surface area contributed by atoms with Crippen LogP contribution in [0.4, 0.5) is 5.13 Å². The molecule has 3 aliphatic rings. The molecule has 0 bridgehead atoms. The van der Waals surface area contributed by atoms with Gasteiger partial charge in [-0.2, -0.15) is 0 Å². The average Bonchev–Trinajstić information content (AvgIpc) is 3.07. The molecular weight excluding hydrogens is 326 g/mol. The number of anilines is 1. The van der Waals surface area contributed by atoms with Crippen molar-refractivity contribution in [2.45, 2.75) is 31.7 Å². The molecular formula is C17H23N3O3S. The molecule has 0 aromatic carbocycles. The second-order valence-corrected chi connectivity index (χ2v) is 7.63. The Morgan fingerprint density at radius 3 is 3.08 bits per heavy atom. The van der Waals surface area contributed by atoms with Gasteiger partial charge in [0.2, 0.25) is 0 Å². The third-order valence-corrected chi connectivity index (χ3v) is 6.21. The number of fused-ring (bicyclic) bond motifs is 1. The maximum absolute atomic E-state index is 13.0. The summed E-state index contributed by atoms with van der Waals surface area (Å²) in [5.41, 5.74) is 7.54. The largest absolute Gasteiger partial charge is 0.380 e. The number of likely N-dealkylation sites (tertiary alicyclic amines) is 1. The zero-order valence-electron chi connectivity index (χ0n) is 13.7. The normalized spacial score (nSPS) is 30.6. The summed E-state index contributed by atoms with van der Waals surface area (Å²) >= 11 is 1.32. The molecule has 1 amide bonds. The van der Waals surface area contributed by atoms with E-state index in [9.17, 15) is 4.79 Å². The first-order valence-electron chi connectivity index (χ1n) is 8.58. The Morgan fingerprint density at radius 1 is 1.42 bits per heavy atom. The summed E-state index contributed by atoms with van der Waals surface area (Å²) in [5, 5.41) is 2.21. The average molecular weight is 349 g/mol. The number of amides is 1. The van der Waals surface area contributed by atoms with E-state index in [2.05, 4.69) is 11.1 Å². The van der Waals surface area contributed by atoms with E-state index in [0.717, 1.165) is 38.8 Å². The number of carbonyl (C=O) groups is 1. The summed E-state index contributed by atoms with van der Waals surface area (Å²) in [6.45, 7) is 3.62. The van der Waals surface area contributed by atoms with Gasteiger partial charge < -0.3 is 20.1 Å². The van der Waals surface area contributed by atoms with Gasteiger partial charge in [-0.25, -0.2) is 4.98 Å².